The van der Waals surface area contributed by atoms with E-state index >= 15 is 0 Å². The summed E-state index contributed by atoms with van der Waals surface area (Å²) in [7, 11) is 0. The number of aliphatic carboxylic acids is 1. The van der Waals surface area contributed by atoms with Gasteiger partial charge in [-0.3, -0.25) is 14.2 Å². The van der Waals surface area contributed by atoms with Gasteiger partial charge in [0.2, 0.25) is 0 Å². The van der Waals surface area contributed by atoms with Gasteiger partial charge in [-0.1, -0.05) is 18.0 Å². The summed E-state index contributed by atoms with van der Waals surface area (Å²) in [5, 5.41) is 21.4. The Morgan fingerprint density at radius 3 is 2.34 bits per heavy atom. The molecule has 1 heterocycles. The maximum Gasteiger partial charge on any atom is 0.314 e. The highest BCUT2D eigenvalue weighted by atomic mass is 35.5. The molecule has 4 rings (SSSR count). The first kappa shape index (κ1) is 19.5. The summed E-state index contributed by atoms with van der Waals surface area (Å²) in [6.07, 6.45) is 2.66. The van der Waals surface area contributed by atoms with Gasteiger partial charge in [0.05, 0.1) is 10.9 Å². The van der Waals surface area contributed by atoms with Crippen LogP contribution in [0.3, 0.4) is 0 Å². The van der Waals surface area contributed by atoms with Gasteiger partial charge in [-0.05, 0) is 80.6 Å². The maximum atomic E-state index is 13.4. The van der Waals surface area contributed by atoms with E-state index in [0.29, 0.717) is 32.7 Å². The Bertz CT molecular complexity index is 1130. The van der Waals surface area contributed by atoms with Gasteiger partial charge in [0.25, 0.3) is 5.91 Å². The number of nitrogens with zero attached hydrogens (tertiary/aromatic N) is 1. The third-order valence-electron chi connectivity index (χ3n) is 6.37. The summed E-state index contributed by atoms with van der Waals surface area (Å²) in [4.78, 5) is 25.8. The molecule has 150 valence electrons. The second-order valence-corrected chi connectivity index (χ2v) is 8.38. The topological polar surface area (TPSA) is 79.5 Å². The lowest BCUT2D eigenvalue weighted by Crippen LogP contribution is -2.44. The Morgan fingerprint density at radius 2 is 1.79 bits per heavy atom. The number of hydrogen-bond donors (Lipinski definition) is 2. The minimum Gasteiger partial charge on any atom is -0.508 e. The minimum absolute atomic E-state index is 0.00858. The Kier molecular flexibility index (Phi) is 4.66. The van der Waals surface area contributed by atoms with Crippen molar-refractivity contribution in [3.8, 4) is 5.75 Å². The number of carboxylic acids is 1. The standard InChI is InChI=1S/C23H22ClNO4/c1-13-20(23(2,22(28)29)15-4-3-5-15)18-12-17(26)10-11-19(18)25(13)21(27)14-6-8-16(24)9-7-14/h6-12,15,26H,3-5H2,1-2H3,(H,28,29)/t23-/m1/s1. The molecule has 0 amide bonds. The molecule has 0 aliphatic heterocycles. The smallest absolute Gasteiger partial charge is 0.314 e. The molecule has 2 aromatic carbocycles. The third kappa shape index (κ3) is 2.92. The molecule has 0 unspecified atom stereocenters. The number of phenols is 1. The Labute approximate surface area is 173 Å². The SMILES string of the molecule is Cc1c([C@](C)(C(=O)O)C2CCC2)c2cc(O)ccc2n1C(=O)c1ccc(Cl)cc1. The molecule has 1 saturated carbocycles. The fourth-order valence-electron chi connectivity index (χ4n) is 4.52. The number of hydrogen-bond acceptors (Lipinski definition) is 3. The number of fused-ring (bicyclic) bond motifs is 1. The molecule has 1 atom stereocenters. The number of aromatic nitrogens is 1. The quantitative estimate of drug-likeness (QED) is 0.623. The molecular weight excluding hydrogens is 390 g/mol. The number of benzene rings is 2. The average Bonchev–Trinajstić information content (AvgIpc) is 2.91. The zero-order chi connectivity index (χ0) is 20.9. The number of carboxylic acid groups (broad SMARTS) is 1. The summed E-state index contributed by atoms with van der Waals surface area (Å²) in [6, 6.07) is 11.3. The summed E-state index contributed by atoms with van der Waals surface area (Å²) in [5.74, 6) is -1.14. The number of rotatable bonds is 4. The van der Waals surface area contributed by atoms with Gasteiger partial charge >= 0.3 is 5.97 Å². The Morgan fingerprint density at radius 1 is 1.14 bits per heavy atom. The van der Waals surface area contributed by atoms with Crippen LogP contribution in [0.15, 0.2) is 42.5 Å². The van der Waals surface area contributed by atoms with Crippen LogP contribution in [0.1, 0.15) is 47.8 Å². The van der Waals surface area contributed by atoms with Crippen LogP contribution in [-0.2, 0) is 10.2 Å². The molecule has 3 aromatic rings. The highest BCUT2D eigenvalue weighted by Crippen LogP contribution is 2.48. The first-order valence-corrected chi connectivity index (χ1v) is 10.0. The van der Waals surface area contributed by atoms with Gasteiger partial charge in [-0.2, -0.15) is 0 Å². The van der Waals surface area contributed by atoms with Crippen LogP contribution < -0.4 is 0 Å². The summed E-state index contributed by atoms with van der Waals surface area (Å²) < 4.78 is 1.55. The highest BCUT2D eigenvalue weighted by molar-refractivity contribution is 6.30. The molecule has 0 saturated heterocycles. The second kappa shape index (κ2) is 6.92. The van der Waals surface area contributed by atoms with Gasteiger partial charge in [0.1, 0.15) is 5.75 Å². The van der Waals surface area contributed by atoms with E-state index in [-0.39, 0.29) is 17.6 Å². The van der Waals surface area contributed by atoms with E-state index in [4.69, 9.17) is 11.6 Å². The molecule has 1 fully saturated rings. The summed E-state index contributed by atoms with van der Waals surface area (Å²) >= 11 is 5.95. The molecular formula is C23H22ClNO4. The molecule has 6 heteroatoms. The Hall–Kier alpha value is -2.79. The van der Waals surface area contributed by atoms with Crippen LogP contribution in [0.25, 0.3) is 10.9 Å². The molecule has 0 bridgehead atoms. The van der Waals surface area contributed by atoms with Crippen LogP contribution in [0.4, 0.5) is 0 Å². The van der Waals surface area contributed by atoms with Crippen LogP contribution in [0.5, 0.6) is 5.75 Å². The van der Waals surface area contributed by atoms with Crippen molar-refractivity contribution in [3.05, 3.63) is 64.3 Å². The highest BCUT2D eigenvalue weighted by Gasteiger charge is 2.48. The fourth-order valence-corrected chi connectivity index (χ4v) is 4.64. The molecule has 1 aromatic heterocycles. The molecule has 2 N–H and O–H groups in total. The van der Waals surface area contributed by atoms with E-state index in [9.17, 15) is 19.8 Å². The first-order valence-electron chi connectivity index (χ1n) is 9.63. The Balaban J connectivity index is 2.00. The zero-order valence-electron chi connectivity index (χ0n) is 16.3. The van der Waals surface area contributed by atoms with Gasteiger partial charge in [-0.25, -0.2) is 0 Å². The van der Waals surface area contributed by atoms with Gasteiger partial charge in [-0.15, -0.1) is 0 Å². The van der Waals surface area contributed by atoms with E-state index in [1.807, 2.05) is 0 Å². The molecule has 0 radical (unpaired) electrons. The summed E-state index contributed by atoms with van der Waals surface area (Å²) in [6.45, 7) is 3.52. The van der Waals surface area contributed by atoms with E-state index < -0.39 is 11.4 Å². The lowest BCUT2D eigenvalue weighted by molar-refractivity contribution is -0.146. The monoisotopic (exact) mass is 411 g/mol. The largest absolute Gasteiger partial charge is 0.508 e. The van der Waals surface area contributed by atoms with Crippen molar-refractivity contribution in [2.45, 2.75) is 38.5 Å². The molecule has 29 heavy (non-hydrogen) atoms. The van der Waals surface area contributed by atoms with E-state index in [1.165, 1.54) is 6.07 Å². The van der Waals surface area contributed by atoms with Gasteiger partial charge < -0.3 is 10.2 Å². The van der Waals surface area contributed by atoms with Crippen LogP contribution >= 0.6 is 11.6 Å². The second-order valence-electron chi connectivity index (χ2n) is 7.94. The van der Waals surface area contributed by atoms with Crippen LogP contribution in [-0.4, -0.2) is 26.7 Å². The van der Waals surface area contributed by atoms with Crippen LogP contribution in [0, 0.1) is 12.8 Å². The van der Waals surface area contributed by atoms with Crippen molar-refractivity contribution >= 4 is 34.4 Å². The lowest BCUT2D eigenvalue weighted by atomic mass is 9.62. The van der Waals surface area contributed by atoms with Gasteiger partial charge in [0, 0.05) is 21.7 Å². The van der Waals surface area contributed by atoms with E-state index in [1.54, 1.807) is 54.8 Å². The van der Waals surface area contributed by atoms with Crippen molar-refractivity contribution in [2.75, 3.05) is 0 Å². The normalized spacial score (nSPS) is 16.4. The first-order chi connectivity index (χ1) is 13.7. The fraction of sp³-hybridized carbons (Fsp3) is 0.304. The number of halogens is 1. The molecule has 5 nitrogen and oxygen atoms in total. The predicted molar refractivity (Wildman–Crippen MR) is 112 cm³/mol. The van der Waals surface area contributed by atoms with Gasteiger partial charge in [0.15, 0.2) is 0 Å². The zero-order valence-corrected chi connectivity index (χ0v) is 17.0. The predicted octanol–water partition coefficient (Wildman–Crippen LogP) is 5.14. The number of carbonyl (C=O) groups excluding carboxylic acids is 1. The molecule has 0 spiro atoms. The average molecular weight is 412 g/mol. The van der Waals surface area contributed by atoms with Crippen LogP contribution in [0.2, 0.25) is 5.02 Å². The van der Waals surface area contributed by atoms with Crippen molar-refractivity contribution in [1.82, 2.24) is 4.57 Å². The van der Waals surface area contributed by atoms with Crippen molar-refractivity contribution in [2.24, 2.45) is 5.92 Å². The molecule has 1 aliphatic rings. The number of phenolic OH excluding ortho intramolecular Hbond substituents is 1. The third-order valence-corrected chi connectivity index (χ3v) is 6.62. The summed E-state index contributed by atoms with van der Waals surface area (Å²) in [5.41, 5.74) is 1.09. The van der Waals surface area contributed by atoms with Crippen molar-refractivity contribution in [1.29, 1.82) is 0 Å². The lowest BCUT2D eigenvalue weighted by Gasteiger charge is -2.40. The van der Waals surface area contributed by atoms with E-state index in [2.05, 4.69) is 0 Å². The number of carbonyl (C=O) groups is 2. The van der Waals surface area contributed by atoms with Crippen molar-refractivity contribution in [3.63, 3.8) is 0 Å². The minimum atomic E-state index is -1.14. The maximum absolute atomic E-state index is 13.4. The van der Waals surface area contributed by atoms with E-state index in [0.717, 1.165) is 19.3 Å². The number of aromatic hydroxyl groups is 1. The molecule has 1 aliphatic carbocycles. The van der Waals surface area contributed by atoms with Crippen molar-refractivity contribution < 1.29 is 19.8 Å².